The van der Waals surface area contributed by atoms with Gasteiger partial charge in [0.1, 0.15) is 11.7 Å². The minimum Gasteiger partial charge on any atom is -0.384 e. The molecule has 1 aromatic carbocycles. The zero-order valence-corrected chi connectivity index (χ0v) is 12.4. The lowest BCUT2D eigenvalue weighted by atomic mass is 10.1. The van der Waals surface area contributed by atoms with Gasteiger partial charge in [0.15, 0.2) is 0 Å². The maximum Gasteiger partial charge on any atom is 0.124 e. The minimum atomic E-state index is -0.358. The first-order chi connectivity index (χ1) is 9.47. The van der Waals surface area contributed by atoms with Crippen molar-refractivity contribution in [2.75, 3.05) is 20.3 Å². The van der Waals surface area contributed by atoms with Gasteiger partial charge in [0.2, 0.25) is 0 Å². The van der Waals surface area contributed by atoms with Crippen molar-refractivity contribution < 1.29 is 9.13 Å². The van der Waals surface area contributed by atoms with Crippen LogP contribution in [-0.2, 0) is 11.3 Å². The van der Waals surface area contributed by atoms with Gasteiger partial charge in [-0.25, -0.2) is 4.39 Å². The number of nitrogens with two attached hydrogens (primary N) is 1. The average molecular weight is 281 g/mol. The van der Waals surface area contributed by atoms with Gasteiger partial charge in [0.05, 0.1) is 6.61 Å². The lowest BCUT2D eigenvalue weighted by Gasteiger charge is -2.28. The van der Waals surface area contributed by atoms with Crippen LogP contribution in [0.25, 0.3) is 0 Å². The zero-order valence-electron chi connectivity index (χ0n) is 12.4. The molecule has 5 heteroatoms. The van der Waals surface area contributed by atoms with Gasteiger partial charge in [-0.1, -0.05) is 6.92 Å². The van der Waals surface area contributed by atoms with E-state index in [0.29, 0.717) is 24.8 Å². The number of hydrogen-bond acceptors (Lipinski definition) is 3. The number of nitrogens with one attached hydrogen (secondary N) is 1. The molecule has 0 fully saturated rings. The number of nitrogens with zero attached hydrogens (tertiary/aromatic N) is 1. The molecule has 0 saturated heterocycles. The summed E-state index contributed by atoms with van der Waals surface area (Å²) < 4.78 is 18.7. The molecule has 0 saturated carbocycles. The molecule has 0 bridgehead atoms. The maximum absolute atomic E-state index is 13.6. The van der Waals surface area contributed by atoms with E-state index in [4.69, 9.17) is 15.9 Å². The Hall–Kier alpha value is -1.46. The SMILES string of the molecule is CCC(C)N(CCOC)Cc1cc(F)cc(C(=N)N)c1. The molecule has 1 atom stereocenters. The van der Waals surface area contributed by atoms with E-state index in [0.717, 1.165) is 18.5 Å². The van der Waals surface area contributed by atoms with E-state index in [1.807, 2.05) is 0 Å². The number of ether oxygens (including phenoxy) is 1. The van der Waals surface area contributed by atoms with E-state index in [9.17, 15) is 4.39 Å². The Bertz CT molecular complexity index is 451. The van der Waals surface area contributed by atoms with Crippen molar-refractivity contribution in [1.29, 1.82) is 5.41 Å². The smallest absolute Gasteiger partial charge is 0.124 e. The van der Waals surface area contributed by atoms with Crippen molar-refractivity contribution in [3.8, 4) is 0 Å². The number of benzene rings is 1. The molecule has 0 aromatic heterocycles. The second-order valence-corrected chi connectivity index (χ2v) is 4.98. The lowest BCUT2D eigenvalue weighted by Crippen LogP contribution is -2.35. The van der Waals surface area contributed by atoms with Crippen molar-refractivity contribution in [3.05, 3.63) is 35.1 Å². The first kappa shape index (κ1) is 16.6. The number of nitrogen functional groups attached to an aromatic ring is 1. The molecule has 4 nitrogen and oxygen atoms in total. The largest absolute Gasteiger partial charge is 0.384 e. The monoisotopic (exact) mass is 281 g/mol. The summed E-state index contributed by atoms with van der Waals surface area (Å²) in [6.07, 6.45) is 1.01. The van der Waals surface area contributed by atoms with Crippen LogP contribution in [0.3, 0.4) is 0 Å². The second kappa shape index (κ2) is 7.97. The van der Waals surface area contributed by atoms with E-state index >= 15 is 0 Å². The van der Waals surface area contributed by atoms with Crippen LogP contribution < -0.4 is 5.73 Å². The van der Waals surface area contributed by atoms with Gasteiger partial charge in [0.25, 0.3) is 0 Å². The molecule has 0 aliphatic heterocycles. The molecule has 0 spiro atoms. The Morgan fingerprint density at radius 2 is 2.15 bits per heavy atom. The van der Waals surface area contributed by atoms with E-state index in [1.54, 1.807) is 13.2 Å². The second-order valence-electron chi connectivity index (χ2n) is 4.98. The average Bonchev–Trinajstić information content (AvgIpc) is 2.41. The first-order valence-electron chi connectivity index (χ1n) is 6.84. The molecule has 112 valence electrons. The molecule has 1 aromatic rings. The summed E-state index contributed by atoms with van der Waals surface area (Å²) in [7, 11) is 1.67. The van der Waals surface area contributed by atoms with Crippen molar-refractivity contribution in [2.45, 2.75) is 32.9 Å². The van der Waals surface area contributed by atoms with E-state index < -0.39 is 0 Å². The van der Waals surface area contributed by atoms with Gasteiger partial charge >= 0.3 is 0 Å². The number of halogens is 1. The predicted octanol–water partition coefficient (Wildman–Crippen LogP) is 2.36. The van der Waals surface area contributed by atoms with Gasteiger partial charge in [0, 0.05) is 31.8 Å². The van der Waals surface area contributed by atoms with Crippen LogP contribution in [0.4, 0.5) is 4.39 Å². The molecule has 0 heterocycles. The molecule has 3 N–H and O–H groups in total. The Morgan fingerprint density at radius 1 is 1.45 bits per heavy atom. The molecule has 0 aliphatic carbocycles. The van der Waals surface area contributed by atoms with Crippen LogP contribution >= 0.6 is 0 Å². The Labute approximate surface area is 120 Å². The summed E-state index contributed by atoms with van der Waals surface area (Å²) in [5.41, 5.74) is 6.68. The standard InChI is InChI=1S/C15H24FN3O/c1-4-11(2)19(5-6-20-3)10-12-7-13(15(17)18)9-14(16)8-12/h7-9,11H,4-6,10H2,1-3H3,(H3,17,18). The van der Waals surface area contributed by atoms with Crippen LogP contribution in [0.1, 0.15) is 31.4 Å². The summed E-state index contributed by atoms with van der Waals surface area (Å²) in [6.45, 7) is 6.31. The van der Waals surface area contributed by atoms with Crippen LogP contribution in [-0.4, -0.2) is 37.0 Å². The quantitative estimate of drug-likeness (QED) is 0.568. The Kier molecular flexibility index (Phi) is 6.61. The predicted molar refractivity (Wildman–Crippen MR) is 79.5 cm³/mol. The van der Waals surface area contributed by atoms with Crippen LogP contribution in [0.2, 0.25) is 0 Å². The Morgan fingerprint density at radius 3 is 2.70 bits per heavy atom. The minimum absolute atomic E-state index is 0.113. The highest BCUT2D eigenvalue weighted by molar-refractivity contribution is 5.95. The molecule has 1 rings (SSSR count). The van der Waals surface area contributed by atoms with Gasteiger partial charge in [-0.2, -0.15) is 0 Å². The molecule has 0 amide bonds. The summed E-state index contributed by atoms with van der Waals surface area (Å²) in [6, 6.07) is 4.94. The van der Waals surface area contributed by atoms with Crippen LogP contribution in [0, 0.1) is 11.2 Å². The summed E-state index contributed by atoms with van der Waals surface area (Å²) >= 11 is 0. The number of methoxy groups -OCH3 is 1. The van der Waals surface area contributed by atoms with Gasteiger partial charge in [-0.15, -0.1) is 0 Å². The van der Waals surface area contributed by atoms with Crippen molar-refractivity contribution in [1.82, 2.24) is 4.90 Å². The number of amidine groups is 1. The highest BCUT2D eigenvalue weighted by Crippen LogP contribution is 2.14. The normalized spacial score (nSPS) is 12.7. The third kappa shape index (κ3) is 4.90. The van der Waals surface area contributed by atoms with Gasteiger partial charge < -0.3 is 10.5 Å². The summed E-state index contributed by atoms with van der Waals surface area (Å²) in [5, 5.41) is 7.42. The third-order valence-electron chi connectivity index (χ3n) is 3.45. The van der Waals surface area contributed by atoms with E-state index in [1.165, 1.54) is 12.1 Å². The number of hydrogen-bond donors (Lipinski definition) is 2. The van der Waals surface area contributed by atoms with Crippen molar-refractivity contribution >= 4 is 5.84 Å². The van der Waals surface area contributed by atoms with E-state index in [-0.39, 0.29) is 11.7 Å². The van der Waals surface area contributed by atoms with Crippen molar-refractivity contribution in [3.63, 3.8) is 0 Å². The molecular weight excluding hydrogens is 257 g/mol. The van der Waals surface area contributed by atoms with Crippen molar-refractivity contribution in [2.24, 2.45) is 5.73 Å². The topological polar surface area (TPSA) is 62.3 Å². The Balaban J connectivity index is 2.89. The molecular formula is C15H24FN3O. The number of rotatable bonds is 8. The molecule has 1 unspecified atom stereocenters. The fourth-order valence-electron chi connectivity index (χ4n) is 2.05. The zero-order chi connectivity index (χ0) is 15.1. The van der Waals surface area contributed by atoms with Crippen LogP contribution in [0.5, 0.6) is 0 Å². The van der Waals surface area contributed by atoms with Gasteiger partial charge in [-0.3, -0.25) is 10.3 Å². The molecule has 0 aliphatic rings. The first-order valence-corrected chi connectivity index (χ1v) is 6.84. The molecule has 0 radical (unpaired) electrons. The molecule has 20 heavy (non-hydrogen) atoms. The van der Waals surface area contributed by atoms with Crippen LogP contribution in [0.15, 0.2) is 18.2 Å². The fraction of sp³-hybridized carbons (Fsp3) is 0.533. The summed E-state index contributed by atoms with van der Waals surface area (Å²) in [4.78, 5) is 2.24. The fourth-order valence-corrected chi connectivity index (χ4v) is 2.05. The van der Waals surface area contributed by atoms with E-state index in [2.05, 4.69) is 18.7 Å². The highest BCUT2D eigenvalue weighted by Gasteiger charge is 2.13. The maximum atomic E-state index is 13.6. The summed E-state index contributed by atoms with van der Waals surface area (Å²) in [5.74, 6) is -0.471. The highest BCUT2D eigenvalue weighted by atomic mass is 19.1. The van der Waals surface area contributed by atoms with Gasteiger partial charge in [-0.05, 0) is 37.1 Å². The lowest BCUT2D eigenvalue weighted by molar-refractivity contribution is 0.118. The third-order valence-corrected chi connectivity index (χ3v) is 3.45.